The van der Waals surface area contributed by atoms with Gasteiger partial charge in [-0.1, -0.05) is 29.4 Å². The van der Waals surface area contributed by atoms with Crippen LogP contribution in [-0.4, -0.2) is 59.2 Å². The number of methoxy groups -OCH3 is 1. The minimum Gasteiger partial charge on any atom is -0.497 e. The van der Waals surface area contributed by atoms with E-state index in [0.29, 0.717) is 23.7 Å². The molecule has 11 nitrogen and oxygen atoms in total. The van der Waals surface area contributed by atoms with E-state index in [1.54, 1.807) is 38.3 Å². The normalized spacial score (nSPS) is 15.0. The number of rotatable bonds is 7. The summed E-state index contributed by atoms with van der Waals surface area (Å²) < 4.78 is 10.2. The minimum absolute atomic E-state index is 0.0679. The molecule has 0 saturated carbocycles. The second-order valence-electron chi connectivity index (χ2n) is 8.29. The number of hydrogen-bond acceptors (Lipinski definition) is 7. The van der Waals surface area contributed by atoms with Crippen molar-refractivity contribution in [3.05, 3.63) is 77.2 Å². The molecule has 0 radical (unpaired) electrons. The van der Waals surface area contributed by atoms with E-state index in [1.807, 2.05) is 24.3 Å². The van der Waals surface area contributed by atoms with Gasteiger partial charge in [0.05, 0.1) is 7.11 Å². The predicted molar refractivity (Wildman–Crippen MR) is 131 cm³/mol. The summed E-state index contributed by atoms with van der Waals surface area (Å²) in [4.78, 5) is 42.3. The van der Waals surface area contributed by atoms with E-state index >= 15 is 0 Å². The maximum absolute atomic E-state index is 13.4. The van der Waals surface area contributed by atoms with Crippen molar-refractivity contribution in [1.82, 2.24) is 20.3 Å². The fourth-order valence-electron chi connectivity index (χ4n) is 3.97. The highest BCUT2D eigenvalue weighted by atomic mass is 16.5. The van der Waals surface area contributed by atoms with Crippen molar-refractivity contribution in [3.8, 4) is 5.75 Å². The van der Waals surface area contributed by atoms with Gasteiger partial charge in [0.1, 0.15) is 11.5 Å². The van der Waals surface area contributed by atoms with E-state index in [1.165, 1.54) is 15.9 Å². The Labute approximate surface area is 208 Å². The molecule has 188 valence electrons. The van der Waals surface area contributed by atoms with E-state index in [-0.39, 0.29) is 25.3 Å². The molecule has 0 spiro atoms. The topological polar surface area (TPSA) is 143 Å². The molecule has 4 rings (SSSR count). The Morgan fingerprint density at radius 2 is 1.81 bits per heavy atom. The van der Waals surface area contributed by atoms with Gasteiger partial charge < -0.3 is 30.5 Å². The lowest BCUT2D eigenvalue weighted by Gasteiger charge is -2.28. The molecule has 0 bridgehead atoms. The molecule has 1 unspecified atom stereocenters. The van der Waals surface area contributed by atoms with Crippen LogP contribution in [0.5, 0.6) is 5.75 Å². The number of benzene rings is 2. The number of aromatic nitrogens is 1. The lowest BCUT2D eigenvalue weighted by molar-refractivity contribution is -0.128. The van der Waals surface area contributed by atoms with Gasteiger partial charge in [-0.05, 0) is 42.3 Å². The molecule has 36 heavy (non-hydrogen) atoms. The Hall–Kier alpha value is -4.38. The molecule has 4 N–H and O–H groups in total. The highest BCUT2D eigenvalue weighted by molar-refractivity contribution is 5.99. The second-order valence-corrected chi connectivity index (χ2v) is 8.29. The average molecular weight is 493 g/mol. The zero-order valence-corrected chi connectivity index (χ0v) is 20.1. The third kappa shape index (κ3) is 5.47. The number of nitrogens with two attached hydrogens (primary N) is 1. The van der Waals surface area contributed by atoms with Crippen LogP contribution < -0.4 is 21.1 Å². The summed E-state index contributed by atoms with van der Waals surface area (Å²) in [5.74, 6) is 0.109. The van der Waals surface area contributed by atoms with Gasteiger partial charge in [0.2, 0.25) is 0 Å². The van der Waals surface area contributed by atoms with E-state index in [9.17, 15) is 14.4 Å². The van der Waals surface area contributed by atoms with Crippen molar-refractivity contribution in [2.75, 3.05) is 25.5 Å². The number of hydrogen-bond donors (Lipinski definition) is 3. The Bertz CT molecular complexity index is 1240. The maximum Gasteiger partial charge on any atom is 0.323 e. The number of urea groups is 1. The molecule has 1 saturated heterocycles. The van der Waals surface area contributed by atoms with Crippen molar-refractivity contribution in [1.29, 1.82) is 0 Å². The summed E-state index contributed by atoms with van der Waals surface area (Å²) in [6, 6.07) is 15.3. The van der Waals surface area contributed by atoms with Crippen molar-refractivity contribution < 1.29 is 23.6 Å². The Kier molecular flexibility index (Phi) is 7.50. The first-order valence-electron chi connectivity index (χ1n) is 11.4. The molecule has 4 amide bonds. The summed E-state index contributed by atoms with van der Waals surface area (Å²) in [7, 11) is 1.55. The first-order chi connectivity index (χ1) is 17.4. The van der Waals surface area contributed by atoms with Gasteiger partial charge in [-0.15, -0.1) is 0 Å². The van der Waals surface area contributed by atoms with E-state index in [2.05, 4.69) is 15.8 Å². The SMILES string of the molecule is COc1ccc(NC(=O)N2CCN(C(=O)c3cc(C)on3)C2C(=O)NCc2cccc(CN)c2)cc1. The van der Waals surface area contributed by atoms with E-state index < -0.39 is 24.0 Å². The fraction of sp³-hybridized carbons (Fsp3) is 0.280. The van der Waals surface area contributed by atoms with E-state index in [0.717, 1.165) is 11.1 Å². The number of amides is 4. The van der Waals surface area contributed by atoms with Gasteiger partial charge >= 0.3 is 6.03 Å². The number of carbonyl (C=O) groups is 3. The van der Waals surface area contributed by atoms with Crippen molar-refractivity contribution >= 4 is 23.5 Å². The Balaban J connectivity index is 1.54. The molecule has 1 aliphatic heterocycles. The van der Waals surface area contributed by atoms with Crippen molar-refractivity contribution in [3.63, 3.8) is 0 Å². The standard InChI is InChI=1S/C25H28N6O5/c1-16-12-21(29-36-16)24(33)30-10-11-31(25(34)28-19-6-8-20(35-2)9-7-19)23(30)22(32)27-15-18-5-3-4-17(13-18)14-26/h3-9,12-13,23H,10-11,14-15,26H2,1-2H3,(H,27,32)(H,28,34). The molecule has 0 aliphatic carbocycles. The number of ether oxygens (including phenoxy) is 1. The summed E-state index contributed by atoms with van der Waals surface area (Å²) in [5.41, 5.74) is 8.08. The molecule has 2 aromatic carbocycles. The molecule has 2 heterocycles. The third-order valence-electron chi connectivity index (χ3n) is 5.81. The fourth-order valence-corrected chi connectivity index (χ4v) is 3.97. The quantitative estimate of drug-likeness (QED) is 0.458. The van der Waals surface area contributed by atoms with Gasteiger partial charge in [0.15, 0.2) is 11.9 Å². The van der Waals surface area contributed by atoms with Crippen LogP contribution in [0.25, 0.3) is 0 Å². The summed E-state index contributed by atoms with van der Waals surface area (Å²) in [6.45, 7) is 2.57. The number of carbonyl (C=O) groups excluding carboxylic acids is 3. The van der Waals surface area contributed by atoms with Crippen LogP contribution in [0.15, 0.2) is 59.1 Å². The van der Waals surface area contributed by atoms with Crippen LogP contribution in [0.4, 0.5) is 10.5 Å². The number of anilines is 1. The first kappa shape index (κ1) is 24.7. The summed E-state index contributed by atoms with van der Waals surface area (Å²) in [5, 5.41) is 9.40. The monoisotopic (exact) mass is 492 g/mol. The molecule has 1 atom stereocenters. The second kappa shape index (κ2) is 10.9. The van der Waals surface area contributed by atoms with Crippen LogP contribution in [0.3, 0.4) is 0 Å². The number of nitrogens with zero attached hydrogens (tertiary/aromatic N) is 3. The third-order valence-corrected chi connectivity index (χ3v) is 5.81. The smallest absolute Gasteiger partial charge is 0.323 e. The highest BCUT2D eigenvalue weighted by Gasteiger charge is 2.43. The van der Waals surface area contributed by atoms with Gasteiger partial charge in [0, 0.05) is 37.9 Å². The van der Waals surface area contributed by atoms with Crippen LogP contribution in [0.1, 0.15) is 27.4 Å². The summed E-state index contributed by atoms with van der Waals surface area (Å²) >= 11 is 0. The highest BCUT2D eigenvalue weighted by Crippen LogP contribution is 2.21. The molecular weight excluding hydrogens is 464 g/mol. The Morgan fingerprint density at radius 3 is 2.47 bits per heavy atom. The minimum atomic E-state index is -1.18. The molecule has 1 fully saturated rings. The van der Waals surface area contributed by atoms with Crippen molar-refractivity contribution in [2.24, 2.45) is 5.73 Å². The lowest BCUT2D eigenvalue weighted by Crippen LogP contribution is -2.54. The van der Waals surface area contributed by atoms with Gasteiger partial charge in [0.25, 0.3) is 11.8 Å². The number of aryl methyl sites for hydroxylation is 1. The lowest BCUT2D eigenvalue weighted by atomic mass is 10.1. The van der Waals surface area contributed by atoms with Crippen LogP contribution in [0, 0.1) is 6.92 Å². The maximum atomic E-state index is 13.4. The molecule has 1 aliphatic rings. The van der Waals surface area contributed by atoms with Gasteiger partial charge in [-0.3, -0.25) is 14.5 Å². The van der Waals surface area contributed by atoms with Gasteiger partial charge in [-0.25, -0.2) is 4.79 Å². The van der Waals surface area contributed by atoms with Crippen LogP contribution in [0.2, 0.25) is 0 Å². The molecule has 11 heteroatoms. The van der Waals surface area contributed by atoms with E-state index in [4.69, 9.17) is 15.0 Å². The molecule has 3 aromatic rings. The zero-order chi connectivity index (χ0) is 25.7. The average Bonchev–Trinajstić information content (AvgIpc) is 3.54. The Morgan fingerprint density at radius 1 is 1.08 bits per heavy atom. The largest absolute Gasteiger partial charge is 0.497 e. The first-order valence-corrected chi connectivity index (χ1v) is 11.4. The van der Waals surface area contributed by atoms with Crippen LogP contribution in [-0.2, 0) is 17.9 Å². The summed E-state index contributed by atoms with van der Waals surface area (Å²) in [6.07, 6.45) is -1.18. The number of nitrogens with one attached hydrogen (secondary N) is 2. The molecule has 1 aromatic heterocycles. The van der Waals surface area contributed by atoms with Crippen molar-refractivity contribution in [2.45, 2.75) is 26.2 Å². The predicted octanol–water partition coefficient (Wildman–Crippen LogP) is 2.08. The van der Waals surface area contributed by atoms with Gasteiger partial charge in [-0.2, -0.15) is 0 Å². The molecular formula is C25H28N6O5. The van der Waals surface area contributed by atoms with Crippen LogP contribution >= 0.6 is 0 Å². The zero-order valence-electron chi connectivity index (χ0n) is 20.1.